The number of carbonyl (C=O) groups excluding carboxylic acids is 2. The minimum Gasteiger partial charge on any atom is -0.548 e. The zero-order chi connectivity index (χ0) is 14.4. The van der Waals surface area contributed by atoms with Gasteiger partial charge in [-0.25, -0.2) is 0 Å². The summed E-state index contributed by atoms with van der Waals surface area (Å²) in [4.78, 5) is 22.9. The number of carboxylic acid groups (broad SMARTS) is 1. The Morgan fingerprint density at radius 3 is 2.14 bits per heavy atom. The van der Waals surface area contributed by atoms with E-state index >= 15 is 0 Å². The van der Waals surface area contributed by atoms with E-state index in [2.05, 4.69) is 11.1 Å². The van der Waals surface area contributed by atoms with Gasteiger partial charge in [-0.3, -0.25) is 4.79 Å². The Hall–Kier alpha value is -1.96. The summed E-state index contributed by atoms with van der Waals surface area (Å²) in [6.45, 7) is 3.73. The Bertz CT molecular complexity index is 436. The monoisotopic (exact) mass is 300 g/mol. The first-order valence-electron chi connectivity index (χ1n) is 6.30. The number of carbonyl (C=O) groups is 2. The molecular weight excluding hydrogens is 276 g/mol. The number of hydrogen-bond donors (Lipinski definition) is 2. The van der Waals surface area contributed by atoms with Gasteiger partial charge in [0.2, 0.25) is 0 Å². The number of carboxylic acids is 1. The summed E-state index contributed by atoms with van der Waals surface area (Å²) in [6.07, 6.45) is 0.208. The van der Waals surface area contributed by atoms with Gasteiger partial charge in [-0.2, -0.15) is 0 Å². The van der Waals surface area contributed by atoms with Gasteiger partial charge in [0.25, 0.3) is 5.91 Å². The zero-order valence-electron chi connectivity index (χ0n) is 12.3. The molecular formula is C14H24N2O5. The lowest BCUT2D eigenvalue weighted by Gasteiger charge is -2.22. The lowest BCUT2D eigenvalue weighted by atomic mass is 10.0. The minimum atomic E-state index is -1.28. The molecule has 0 radical (unpaired) electrons. The number of amides is 1. The molecule has 21 heavy (non-hydrogen) atoms. The summed E-state index contributed by atoms with van der Waals surface area (Å²) in [5.74, 6) is -1.59. The number of hydrogen-bond acceptors (Lipinski definition) is 3. The van der Waals surface area contributed by atoms with Crippen LogP contribution in [0.25, 0.3) is 0 Å². The molecule has 0 fully saturated rings. The van der Waals surface area contributed by atoms with Crippen LogP contribution in [-0.2, 0) is 16.0 Å². The van der Waals surface area contributed by atoms with E-state index < -0.39 is 18.1 Å². The molecule has 1 amide bonds. The summed E-state index contributed by atoms with van der Waals surface area (Å²) in [7, 11) is 0. The van der Waals surface area contributed by atoms with Crippen LogP contribution in [0.3, 0.4) is 0 Å². The van der Waals surface area contributed by atoms with Crippen LogP contribution in [0.15, 0.2) is 30.3 Å². The fourth-order valence-electron chi connectivity index (χ4n) is 1.62. The van der Waals surface area contributed by atoms with Gasteiger partial charge >= 0.3 is 0 Å². The number of nitrogens with one attached hydrogen (secondary N) is 1. The third-order valence-corrected chi connectivity index (χ3v) is 3.03. The van der Waals surface area contributed by atoms with Crippen LogP contribution in [0.2, 0.25) is 0 Å². The quantitative estimate of drug-likeness (QED) is 0.577. The second-order valence-corrected chi connectivity index (χ2v) is 4.92. The highest BCUT2D eigenvalue weighted by Gasteiger charge is 2.24. The Morgan fingerprint density at radius 2 is 1.71 bits per heavy atom. The van der Waals surface area contributed by atoms with E-state index in [-0.39, 0.29) is 29.2 Å². The predicted molar refractivity (Wildman–Crippen MR) is 75.8 cm³/mol. The first-order chi connectivity index (χ1) is 8.91. The number of aliphatic carboxylic acids is 1. The van der Waals surface area contributed by atoms with E-state index in [0.29, 0.717) is 0 Å². The lowest BCUT2D eigenvalue weighted by molar-refractivity contribution is -0.414. The van der Waals surface area contributed by atoms with Crippen LogP contribution in [0.5, 0.6) is 0 Å². The average Bonchev–Trinajstić information content (AvgIpc) is 2.37. The van der Waals surface area contributed by atoms with Crippen LogP contribution in [0.1, 0.15) is 19.4 Å². The molecule has 0 heterocycles. The zero-order valence-corrected chi connectivity index (χ0v) is 12.3. The number of quaternary nitrogens is 1. The first-order valence-corrected chi connectivity index (χ1v) is 6.30. The van der Waals surface area contributed by atoms with E-state index in [1.54, 1.807) is 0 Å². The van der Waals surface area contributed by atoms with Gasteiger partial charge in [-0.15, -0.1) is 0 Å². The second-order valence-electron chi connectivity index (χ2n) is 4.92. The molecule has 0 aliphatic carbocycles. The molecule has 0 aliphatic heterocycles. The van der Waals surface area contributed by atoms with Crippen LogP contribution < -0.4 is 16.2 Å². The van der Waals surface area contributed by atoms with Crippen molar-refractivity contribution in [2.75, 3.05) is 0 Å². The molecule has 0 spiro atoms. The van der Waals surface area contributed by atoms with Crippen molar-refractivity contribution < 1.29 is 31.4 Å². The predicted octanol–water partition coefficient (Wildman–Crippen LogP) is -2.92. The van der Waals surface area contributed by atoms with Crippen molar-refractivity contribution in [2.45, 2.75) is 32.4 Å². The molecule has 120 valence electrons. The largest absolute Gasteiger partial charge is 0.548 e. The summed E-state index contributed by atoms with van der Waals surface area (Å²) < 4.78 is 0. The summed E-state index contributed by atoms with van der Waals surface area (Å²) in [6, 6.07) is 7.61. The Balaban J connectivity index is 0. The van der Waals surface area contributed by atoms with Crippen molar-refractivity contribution in [1.82, 2.24) is 5.32 Å². The van der Waals surface area contributed by atoms with Gasteiger partial charge in [0, 0.05) is 5.92 Å². The van der Waals surface area contributed by atoms with Crippen molar-refractivity contribution in [1.29, 1.82) is 0 Å². The average molecular weight is 300 g/mol. The van der Waals surface area contributed by atoms with E-state index in [9.17, 15) is 14.7 Å². The summed E-state index contributed by atoms with van der Waals surface area (Å²) >= 11 is 0. The standard InChI is InChI=1S/C14H20N2O3.2H2O/c1-9(2)12(15)13(17)16-11(14(18)19)8-10-6-4-3-5-7-10;;/h3-7,9,11-12H,8,15H2,1-2H3,(H,16,17)(H,18,19);2*1H2/t11-,12-;;/m0../s1. The SMILES string of the molecule is CC(C)[C@H]([NH3+])C(=O)N[C@@H](Cc1ccccc1)C(=O)[O-].O.O. The Labute approximate surface area is 123 Å². The summed E-state index contributed by atoms with van der Waals surface area (Å²) in [5.41, 5.74) is 4.57. The molecule has 1 aromatic carbocycles. The van der Waals surface area contributed by atoms with Crippen molar-refractivity contribution in [3.05, 3.63) is 35.9 Å². The van der Waals surface area contributed by atoms with Gasteiger partial charge in [-0.05, 0) is 12.0 Å². The van der Waals surface area contributed by atoms with Gasteiger partial charge in [0.05, 0.1) is 12.0 Å². The number of benzene rings is 1. The summed E-state index contributed by atoms with van der Waals surface area (Å²) in [5, 5.41) is 13.6. The van der Waals surface area contributed by atoms with Crippen LogP contribution >= 0.6 is 0 Å². The Morgan fingerprint density at radius 1 is 1.19 bits per heavy atom. The molecule has 0 saturated heterocycles. The first kappa shape index (κ1) is 21.3. The van der Waals surface area contributed by atoms with E-state index in [4.69, 9.17) is 0 Å². The minimum absolute atomic E-state index is 0. The molecule has 7 heteroatoms. The molecule has 1 aromatic rings. The molecule has 1 rings (SSSR count). The van der Waals surface area contributed by atoms with Gasteiger partial charge < -0.3 is 31.9 Å². The van der Waals surface area contributed by atoms with Crippen molar-refractivity contribution in [3.63, 3.8) is 0 Å². The van der Waals surface area contributed by atoms with Gasteiger partial charge in [0.1, 0.15) is 0 Å². The molecule has 0 bridgehead atoms. The molecule has 0 aromatic heterocycles. The molecule has 0 aliphatic rings. The van der Waals surface area contributed by atoms with Crippen LogP contribution in [0.4, 0.5) is 0 Å². The van der Waals surface area contributed by atoms with E-state index in [1.165, 1.54) is 0 Å². The molecule has 0 unspecified atom stereocenters. The highest BCUT2D eigenvalue weighted by molar-refractivity contribution is 5.85. The highest BCUT2D eigenvalue weighted by atomic mass is 16.4. The molecule has 2 atom stereocenters. The second kappa shape index (κ2) is 9.87. The number of rotatable bonds is 6. The molecule has 8 N–H and O–H groups in total. The lowest BCUT2D eigenvalue weighted by Crippen LogP contribution is -2.71. The van der Waals surface area contributed by atoms with E-state index in [0.717, 1.165) is 5.56 Å². The van der Waals surface area contributed by atoms with Gasteiger partial charge in [-0.1, -0.05) is 44.2 Å². The molecule has 7 nitrogen and oxygen atoms in total. The van der Waals surface area contributed by atoms with Crippen LogP contribution in [0, 0.1) is 5.92 Å². The highest BCUT2D eigenvalue weighted by Crippen LogP contribution is 2.04. The maximum absolute atomic E-state index is 11.8. The fraction of sp³-hybridized carbons (Fsp3) is 0.429. The fourth-order valence-corrected chi connectivity index (χ4v) is 1.62. The smallest absolute Gasteiger partial charge is 0.278 e. The third kappa shape index (κ3) is 6.84. The maximum atomic E-state index is 11.8. The third-order valence-electron chi connectivity index (χ3n) is 3.03. The van der Waals surface area contributed by atoms with Gasteiger partial charge in [0.15, 0.2) is 6.04 Å². The van der Waals surface area contributed by atoms with Crippen LogP contribution in [-0.4, -0.2) is 34.9 Å². The van der Waals surface area contributed by atoms with Crippen molar-refractivity contribution >= 4 is 11.9 Å². The normalized spacial score (nSPS) is 12.6. The Kier molecular flexibility index (Phi) is 10.0. The van der Waals surface area contributed by atoms with Crippen molar-refractivity contribution in [2.24, 2.45) is 5.92 Å². The van der Waals surface area contributed by atoms with Crippen molar-refractivity contribution in [3.8, 4) is 0 Å². The maximum Gasteiger partial charge on any atom is 0.278 e. The molecule has 0 saturated carbocycles. The topological polar surface area (TPSA) is 160 Å². The van der Waals surface area contributed by atoms with E-state index in [1.807, 2.05) is 44.2 Å².